The minimum Gasteiger partial charge on any atom is -0.361 e. The molecule has 1 saturated carbocycles. The van der Waals surface area contributed by atoms with Crippen LogP contribution in [-0.2, 0) is 11.2 Å². The van der Waals surface area contributed by atoms with E-state index in [1.807, 2.05) is 25.8 Å². The molecule has 1 aliphatic carbocycles. The van der Waals surface area contributed by atoms with Gasteiger partial charge in [-0.2, -0.15) is 0 Å². The second kappa shape index (κ2) is 5.12. The van der Waals surface area contributed by atoms with Gasteiger partial charge in [-0.15, -0.1) is 0 Å². The first-order chi connectivity index (χ1) is 8.50. The predicted molar refractivity (Wildman–Crippen MR) is 69.3 cm³/mol. The molecule has 1 amide bonds. The fourth-order valence-electron chi connectivity index (χ4n) is 2.39. The van der Waals surface area contributed by atoms with Gasteiger partial charge in [-0.25, -0.2) is 0 Å². The quantitative estimate of drug-likeness (QED) is 0.806. The largest absolute Gasteiger partial charge is 0.361 e. The first-order valence-corrected chi connectivity index (χ1v) is 6.68. The fraction of sp³-hybridized carbons (Fsp3) is 0.714. The molecule has 2 rings (SSSR count). The Morgan fingerprint density at radius 2 is 2.17 bits per heavy atom. The molecule has 18 heavy (non-hydrogen) atoms. The third-order valence-corrected chi connectivity index (χ3v) is 4.08. The second-order valence-electron chi connectivity index (χ2n) is 5.39. The minimum absolute atomic E-state index is 0.217. The summed E-state index contributed by atoms with van der Waals surface area (Å²) in [6, 6.07) is 0.377. The van der Waals surface area contributed by atoms with Crippen LogP contribution in [0.5, 0.6) is 0 Å². The summed E-state index contributed by atoms with van der Waals surface area (Å²) in [5.74, 6) is 1.77. The predicted octanol–water partition coefficient (Wildman–Crippen LogP) is 2.48. The molecule has 100 valence electrons. The third kappa shape index (κ3) is 2.74. The molecule has 1 heterocycles. The zero-order chi connectivity index (χ0) is 13.3. The van der Waals surface area contributed by atoms with E-state index in [0.717, 1.165) is 29.4 Å². The van der Waals surface area contributed by atoms with Gasteiger partial charge < -0.3 is 9.42 Å². The van der Waals surface area contributed by atoms with Gasteiger partial charge in [0.15, 0.2) is 0 Å². The van der Waals surface area contributed by atoms with E-state index < -0.39 is 0 Å². The third-order valence-electron chi connectivity index (χ3n) is 4.08. The van der Waals surface area contributed by atoms with Gasteiger partial charge in [-0.3, -0.25) is 4.79 Å². The Kier molecular flexibility index (Phi) is 3.73. The van der Waals surface area contributed by atoms with Crippen LogP contribution in [0.2, 0.25) is 0 Å². The minimum atomic E-state index is 0.217. The Bertz CT molecular complexity index is 416. The highest BCUT2D eigenvalue weighted by atomic mass is 16.5. The van der Waals surface area contributed by atoms with Crippen LogP contribution in [0.25, 0.3) is 0 Å². The van der Waals surface area contributed by atoms with Gasteiger partial charge in [0.1, 0.15) is 5.76 Å². The second-order valence-corrected chi connectivity index (χ2v) is 5.39. The van der Waals surface area contributed by atoms with Crippen LogP contribution in [0.4, 0.5) is 0 Å². The van der Waals surface area contributed by atoms with E-state index >= 15 is 0 Å². The molecule has 0 bridgehead atoms. The molecule has 4 heteroatoms. The van der Waals surface area contributed by atoms with Gasteiger partial charge in [0, 0.05) is 25.1 Å². The summed E-state index contributed by atoms with van der Waals surface area (Å²) in [6.07, 6.45) is 3.80. The molecule has 1 fully saturated rings. The lowest BCUT2D eigenvalue weighted by molar-refractivity contribution is -0.132. The number of amides is 1. The lowest BCUT2D eigenvalue weighted by Gasteiger charge is -2.24. The van der Waals surface area contributed by atoms with Crippen molar-refractivity contribution in [1.29, 1.82) is 0 Å². The molecule has 1 aromatic heterocycles. The summed E-state index contributed by atoms with van der Waals surface area (Å²) in [4.78, 5) is 14.0. The molecular weight excluding hydrogens is 228 g/mol. The number of hydrogen-bond acceptors (Lipinski definition) is 3. The molecule has 0 saturated heterocycles. The van der Waals surface area contributed by atoms with E-state index in [9.17, 15) is 4.79 Å². The van der Waals surface area contributed by atoms with Gasteiger partial charge in [-0.1, -0.05) is 5.16 Å². The number of nitrogens with zero attached hydrogens (tertiary/aromatic N) is 2. The van der Waals surface area contributed by atoms with Crippen LogP contribution >= 0.6 is 0 Å². The first-order valence-electron chi connectivity index (χ1n) is 6.68. The van der Waals surface area contributed by atoms with Gasteiger partial charge in [0.2, 0.25) is 5.91 Å². The maximum Gasteiger partial charge on any atom is 0.222 e. The van der Waals surface area contributed by atoms with Gasteiger partial charge in [-0.05, 0) is 46.0 Å². The topological polar surface area (TPSA) is 46.3 Å². The molecule has 4 nitrogen and oxygen atoms in total. The Labute approximate surface area is 108 Å². The Hall–Kier alpha value is -1.32. The van der Waals surface area contributed by atoms with E-state index in [2.05, 4.69) is 12.1 Å². The van der Waals surface area contributed by atoms with Crippen molar-refractivity contribution in [3.63, 3.8) is 0 Å². The Morgan fingerprint density at radius 3 is 2.67 bits per heavy atom. The highest BCUT2D eigenvalue weighted by molar-refractivity contribution is 5.76. The highest BCUT2D eigenvalue weighted by Crippen LogP contribution is 2.34. The molecule has 0 N–H and O–H groups in total. The first kappa shape index (κ1) is 13.1. The fourth-order valence-corrected chi connectivity index (χ4v) is 2.39. The monoisotopic (exact) mass is 250 g/mol. The summed E-state index contributed by atoms with van der Waals surface area (Å²) in [7, 11) is 1.92. The van der Waals surface area contributed by atoms with Crippen molar-refractivity contribution >= 4 is 5.91 Å². The van der Waals surface area contributed by atoms with Gasteiger partial charge in [0.05, 0.1) is 5.69 Å². The van der Waals surface area contributed by atoms with E-state index in [4.69, 9.17) is 4.52 Å². The molecule has 1 unspecified atom stereocenters. The lowest BCUT2D eigenvalue weighted by Crippen LogP contribution is -2.36. The number of rotatable bonds is 5. The maximum atomic E-state index is 12.1. The van der Waals surface area contributed by atoms with Crippen molar-refractivity contribution in [2.24, 2.45) is 5.92 Å². The smallest absolute Gasteiger partial charge is 0.222 e. The molecule has 0 aromatic carbocycles. The van der Waals surface area contributed by atoms with E-state index in [1.165, 1.54) is 12.8 Å². The Balaban J connectivity index is 1.88. The van der Waals surface area contributed by atoms with Crippen LogP contribution < -0.4 is 0 Å². The number of aromatic nitrogens is 1. The van der Waals surface area contributed by atoms with Crippen molar-refractivity contribution in [1.82, 2.24) is 10.1 Å². The molecule has 1 aromatic rings. The Morgan fingerprint density at radius 1 is 1.50 bits per heavy atom. The van der Waals surface area contributed by atoms with Crippen LogP contribution in [0.1, 0.15) is 43.2 Å². The molecule has 0 spiro atoms. The molecule has 1 aliphatic rings. The van der Waals surface area contributed by atoms with Gasteiger partial charge in [0.25, 0.3) is 0 Å². The molecule has 0 radical (unpaired) electrons. The number of hydrogen-bond donors (Lipinski definition) is 0. The standard InChI is InChI=1S/C14H22N2O2/c1-9-13(11(3)18-15-9)7-8-14(17)16(4)10(2)12-5-6-12/h10,12H,5-8H2,1-4H3. The van der Waals surface area contributed by atoms with Crippen LogP contribution in [-0.4, -0.2) is 29.1 Å². The van der Waals surface area contributed by atoms with E-state index in [0.29, 0.717) is 12.5 Å². The van der Waals surface area contributed by atoms with Crippen LogP contribution in [0.3, 0.4) is 0 Å². The zero-order valence-electron chi connectivity index (χ0n) is 11.7. The zero-order valence-corrected chi connectivity index (χ0v) is 11.7. The van der Waals surface area contributed by atoms with Crippen molar-refractivity contribution in [2.45, 2.75) is 52.5 Å². The van der Waals surface area contributed by atoms with Crippen molar-refractivity contribution in [2.75, 3.05) is 7.05 Å². The average Bonchev–Trinajstić information content (AvgIpc) is 3.14. The van der Waals surface area contributed by atoms with Gasteiger partial charge >= 0.3 is 0 Å². The SMILES string of the molecule is Cc1noc(C)c1CCC(=O)N(C)C(C)C1CC1. The highest BCUT2D eigenvalue weighted by Gasteiger charge is 2.32. The summed E-state index contributed by atoms with van der Waals surface area (Å²) in [6.45, 7) is 5.97. The van der Waals surface area contributed by atoms with Crippen molar-refractivity contribution in [3.05, 3.63) is 17.0 Å². The summed E-state index contributed by atoms with van der Waals surface area (Å²) < 4.78 is 5.11. The van der Waals surface area contributed by atoms with Crippen molar-refractivity contribution in [3.8, 4) is 0 Å². The van der Waals surface area contributed by atoms with Crippen LogP contribution in [0.15, 0.2) is 4.52 Å². The lowest BCUT2D eigenvalue weighted by atomic mass is 10.1. The number of carbonyl (C=O) groups excluding carboxylic acids is 1. The van der Waals surface area contributed by atoms with E-state index in [-0.39, 0.29) is 5.91 Å². The number of carbonyl (C=O) groups is 1. The molecular formula is C14H22N2O2. The van der Waals surface area contributed by atoms with E-state index in [1.54, 1.807) is 0 Å². The summed E-state index contributed by atoms with van der Waals surface area (Å²) in [5, 5.41) is 3.91. The average molecular weight is 250 g/mol. The maximum absolute atomic E-state index is 12.1. The normalized spacial score (nSPS) is 16.7. The molecule has 0 aliphatic heterocycles. The van der Waals surface area contributed by atoms with Crippen molar-refractivity contribution < 1.29 is 9.32 Å². The number of aryl methyl sites for hydroxylation is 2. The summed E-state index contributed by atoms with van der Waals surface area (Å²) in [5.41, 5.74) is 1.98. The van der Waals surface area contributed by atoms with Crippen LogP contribution in [0, 0.1) is 19.8 Å². The molecule has 1 atom stereocenters. The summed E-state index contributed by atoms with van der Waals surface area (Å²) >= 11 is 0.